The maximum absolute atomic E-state index is 11.4. The quantitative estimate of drug-likeness (QED) is 0.416. The minimum Gasteiger partial charge on any atom is -0.497 e. The second kappa shape index (κ2) is 9.09. The van der Waals surface area contributed by atoms with Gasteiger partial charge in [-0.25, -0.2) is 4.79 Å². The van der Waals surface area contributed by atoms with E-state index in [0.29, 0.717) is 30.3 Å². The zero-order valence-corrected chi connectivity index (χ0v) is 17.1. The van der Waals surface area contributed by atoms with E-state index in [1.54, 1.807) is 19.2 Å². The molecule has 30 heavy (non-hydrogen) atoms. The largest absolute Gasteiger partial charge is 0.497 e. The lowest BCUT2D eigenvalue weighted by Gasteiger charge is -2.29. The molecule has 1 aliphatic rings. The van der Waals surface area contributed by atoms with E-state index >= 15 is 0 Å². The summed E-state index contributed by atoms with van der Waals surface area (Å²) in [4.78, 5) is 13.6. The van der Waals surface area contributed by atoms with Crippen LogP contribution in [0.15, 0.2) is 57.7 Å². The van der Waals surface area contributed by atoms with Crippen molar-refractivity contribution in [2.24, 2.45) is 0 Å². The van der Waals surface area contributed by atoms with Gasteiger partial charge in [-0.3, -0.25) is 0 Å². The van der Waals surface area contributed by atoms with Crippen molar-refractivity contribution in [2.45, 2.75) is 12.5 Å². The predicted molar refractivity (Wildman–Crippen MR) is 113 cm³/mol. The molecule has 0 saturated heterocycles. The summed E-state index contributed by atoms with van der Waals surface area (Å²) in [5.74, 6) is 2.89. The van der Waals surface area contributed by atoms with E-state index in [1.165, 1.54) is 6.07 Å². The third kappa shape index (κ3) is 4.86. The summed E-state index contributed by atoms with van der Waals surface area (Å²) in [5, 5.41) is 0.871. The molecule has 0 bridgehead atoms. The Morgan fingerprint density at radius 3 is 2.77 bits per heavy atom. The maximum Gasteiger partial charge on any atom is 0.336 e. The number of methoxy groups -OCH3 is 1. The summed E-state index contributed by atoms with van der Waals surface area (Å²) in [7, 11) is 3.68. The highest BCUT2D eigenvalue weighted by molar-refractivity contribution is 5.77. The fourth-order valence-electron chi connectivity index (χ4n) is 3.41. The minimum absolute atomic E-state index is 0.0427. The summed E-state index contributed by atoms with van der Waals surface area (Å²) >= 11 is 0. The Morgan fingerprint density at radius 1 is 1.07 bits per heavy atom. The van der Waals surface area contributed by atoms with E-state index < -0.39 is 0 Å². The minimum atomic E-state index is -0.365. The van der Waals surface area contributed by atoms with Gasteiger partial charge in [0.05, 0.1) is 13.7 Å². The van der Waals surface area contributed by atoms with Crippen LogP contribution in [0.5, 0.6) is 23.0 Å². The van der Waals surface area contributed by atoms with Crippen LogP contribution in [0.2, 0.25) is 0 Å². The Morgan fingerprint density at radius 2 is 1.90 bits per heavy atom. The maximum atomic E-state index is 11.4. The summed E-state index contributed by atoms with van der Waals surface area (Å²) in [5.41, 5.74) is 0.166. The van der Waals surface area contributed by atoms with Gasteiger partial charge >= 0.3 is 5.63 Å². The van der Waals surface area contributed by atoms with Gasteiger partial charge in [0.15, 0.2) is 11.5 Å². The molecule has 1 unspecified atom stereocenters. The Bertz CT molecular complexity index is 1060. The molecule has 2 aromatic carbocycles. The first-order valence-electron chi connectivity index (χ1n) is 9.93. The topological polar surface area (TPSA) is 70.4 Å². The van der Waals surface area contributed by atoms with Crippen LogP contribution in [-0.4, -0.2) is 51.5 Å². The number of hydrogen-bond acceptors (Lipinski definition) is 7. The van der Waals surface area contributed by atoms with Crippen molar-refractivity contribution >= 4 is 11.0 Å². The molecule has 4 rings (SSSR count). The smallest absolute Gasteiger partial charge is 0.336 e. The zero-order valence-electron chi connectivity index (χ0n) is 17.1. The van der Waals surface area contributed by atoms with E-state index in [2.05, 4.69) is 11.9 Å². The first-order valence-corrected chi connectivity index (χ1v) is 9.93. The fourth-order valence-corrected chi connectivity index (χ4v) is 3.41. The normalized spacial score (nSPS) is 15.4. The van der Waals surface area contributed by atoms with Crippen LogP contribution in [0, 0.1) is 0 Å². The number of ether oxygens (including phenoxy) is 4. The van der Waals surface area contributed by atoms with Crippen LogP contribution in [-0.2, 0) is 0 Å². The number of fused-ring (bicyclic) bond motifs is 2. The predicted octanol–water partition coefficient (Wildman–Crippen LogP) is 3.34. The standard InChI is InChI=1S/C23H25NO6/c1-24(14-19-15-28-20-8-7-17(26-2)12-22(20)29-19)10-3-11-27-18-6-4-16-5-9-23(25)30-21(16)13-18/h4-9,12-13,19H,3,10-11,14-15H2,1-2H3. The molecule has 7 heteroatoms. The highest BCUT2D eigenvalue weighted by Crippen LogP contribution is 2.35. The van der Waals surface area contributed by atoms with Crippen molar-refractivity contribution in [3.05, 3.63) is 59.0 Å². The number of nitrogens with zero attached hydrogens (tertiary/aromatic N) is 1. The van der Waals surface area contributed by atoms with Crippen molar-refractivity contribution in [1.29, 1.82) is 0 Å². The average Bonchev–Trinajstić information content (AvgIpc) is 2.76. The number of rotatable bonds is 8. The summed E-state index contributed by atoms with van der Waals surface area (Å²) in [6, 6.07) is 14.2. The lowest BCUT2D eigenvalue weighted by molar-refractivity contribution is 0.0640. The first kappa shape index (κ1) is 20.1. The van der Waals surface area contributed by atoms with Crippen LogP contribution < -0.4 is 24.6 Å². The van der Waals surface area contributed by atoms with Gasteiger partial charge in [-0.2, -0.15) is 0 Å². The highest BCUT2D eigenvalue weighted by atomic mass is 16.6. The average molecular weight is 411 g/mol. The van der Waals surface area contributed by atoms with E-state index in [4.69, 9.17) is 23.4 Å². The van der Waals surface area contributed by atoms with Gasteiger partial charge < -0.3 is 28.3 Å². The van der Waals surface area contributed by atoms with Gasteiger partial charge in [-0.05, 0) is 43.8 Å². The third-order valence-electron chi connectivity index (χ3n) is 4.93. The zero-order chi connectivity index (χ0) is 20.9. The van der Waals surface area contributed by atoms with Crippen molar-refractivity contribution in [3.63, 3.8) is 0 Å². The van der Waals surface area contributed by atoms with Gasteiger partial charge in [0, 0.05) is 36.7 Å². The molecule has 1 aromatic heterocycles. The lowest BCUT2D eigenvalue weighted by atomic mass is 10.2. The van der Waals surface area contributed by atoms with Gasteiger partial charge in [0.2, 0.25) is 0 Å². The number of likely N-dealkylation sites (N-methyl/N-ethyl adjacent to an activating group) is 1. The molecule has 0 saturated carbocycles. The van der Waals surface area contributed by atoms with Crippen LogP contribution >= 0.6 is 0 Å². The molecule has 0 aliphatic carbocycles. The van der Waals surface area contributed by atoms with E-state index in [-0.39, 0.29) is 11.7 Å². The molecule has 0 spiro atoms. The number of hydrogen-bond donors (Lipinski definition) is 0. The fraction of sp³-hybridized carbons (Fsp3) is 0.348. The van der Waals surface area contributed by atoms with Crippen LogP contribution in [0.1, 0.15) is 6.42 Å². The molecule has 3 aromatic rings. The monoisotopic (exact) mass is 411 g/mol. The molecular weight excluding hydrogens is 386 g/mol. The Labute approximate surface area is 174 Å². The summed E-state index contributed by atoms with van der Waals surface area (Å²) < 4.78 is 28.1. The van der Waals surface area contributed by atoms with Gasteiger partial charge in [0.25, 0.3) is 0 Å². The first-order chi connectivity index (χ1) is 14.6. The van der Waals surface area contributed by atoms with Crippen LogP contribution in [0.4, 0.5) is 0 Å². The molecule has 1 atom stereocenters. The SMILES string of the molecule is COc1ccc2c(c1)OC(CN(C)CCCOc1ccc3ccc(=O)oc3c1)CO2. The van der Waals surface area contributed by atoms with Crippen molar-refractivity contribution in [3.8, 4) is 23.0 Å². The molecule has 7 nitrogen and oxygen atoms in total. The van der Waals surface area contributed by atoms with E-state index in [1.807, 2.05) is 30.3 Å². The molecule has 1 aliphatic heterocycles. The Balaban J connectivity index is 1.22. The van der Waals surface area contributed by atoms with Crippen molar-refractivity contribution < 1.29 is 23.4 Å². The molecule has 2 heterocycles. The summed E-state index contributed by atoms with van der Waals surface area (Å²) in [6.45, 7) is 2.68. The van der Waals surface area contributed by atoms with Gasteiger partial charge in [0.1, 0.15) is 29.8 Å². The van der Waals surface area contributed by atoms with Gasteiger partial charge in [-0.15, -0.1) is 0 Å². The van der Waals surface area contributed by atoms with Crippen molar-refractivity contribution in [1.82, 2.24) is 4.90 Å². The molecule has 0 amide bonds. The molecule has 0 N–H and O–H groups in total. The molecular formula is C23H25NO6. The second-order valence-corrected chi connectivity index (χ2v) is 7.28. The molecule has 158 valence electrons. The number of benzene rings is 2. The Hall–Kier alpha value is -3.19. The molecule has 0 fully saturated rings. The lowest BCUT2D eigenvalue weighted by Crippen LogP contribution is -2.40. The third-order valence-corrected chi connectivity index (χ3v) is 4.93. The highest BCUT2D eigenvalue weighted by Gasteiger charge is 2.22. The molecule has 0 radical (unpaired) electrons. The van der Waals surface area contributed by atoms with Crippen LogP contribution in [0.3, 0.4) is 0 Å². The second-order valence-electron chi connectivity index (χ2n) is 7.28. The van der Waals surface area contributed by atoms with Crippen molar-refractivity contribution in [2.75, 3.05) is 40.5 Å². The van der Waals surface area contributed by atoms with E-state index in [0.717, 1.165) is 36.4 Å². The summed E-state index contributed by atoms with van der Waals surface area (Å²) in [6.07, 6.45) is 0.810. The van der Waals surface area contributed by atoms with Gasteiger partial charge in [-0.1, -0.05) is 0 Å². The Kier molecular flexibility index (Phi) is 6.09. The van der Waals surface area contributed by atoms with E-state index in [9.17, 15) is 4.79 Å². The van der Waals surface area contributed by atoms with Crippen LogP contribution in [0.25, 0.3) is 11.0 Å².